The van der Waals surface area contributed by atoms with Gasteiger partial charge in [0.05, 0.1) is 12.1 Å². The summed E-state index contributed by atoms with van der Waals surface area (Å²) in [6.07, 6.45) is 7.89. The molecule has 3 heterocycles. The quantitative estimate of drug-likeness (QED) is 0.634. The third-order valence-corrected chi connectivity index (χ3v) is 4.31. The number of amides is 1. The Bertz CT molecular complexity index is 1130. The Morgan fingerprint density at radius 1 is 1.13 bits per heavy atom. The summed E-state index contributed by atoms with van der Waals surface area (Å²) < 4.78 is 27.7. The van der Waals surface area contributed by atoms with Gasteiger partial charge >= 0.3 is 0 Å². The molecule has 2 aromatic heterocycles. The van der Waals surface area contributed by atoms with Crippen molar-refractivity contribution in [3.05, 3.63) is 96.4 Å². The maximum absolute atomic E-state index is 14.5. The predicted molar refractivity (Wildman–Crippen MR) is 106 cm³/mol. The van der Waals surface area contributed by atoms with Gasteiger partial charge in [-0.1, -0.05) is 12.1 Å². The van der Waals surface area contributed by atoms with Gasteiger partial charge in [0.15, 0.2) is 0 Å². The van der Waals surface area contributed by atoms with Crippen LogP contribution in [0, 0.1) is 11.8 Å². The van der Waals surface area contributed by atoms with Crippen LogP contribution >= 0.6 is 0 Å². The molecule has 0 unspecified atom stereocenters. The average Bonchev–Trinajstić information content (AvgIpc) is 2.75. The first-order chi connectivity index (χ1) is 14.6. The SMILES string of the molecule is O=C(Cc1ccc(-c2ccnc(F)c2)c(F)c1)NN1C=CC(c2cccnn2)=CN1. The van der Waals surface area contributed by atoms with Crippen molar-refractivity contribution in [2.75, 3.05) is 0 Å². The highest BCUT2D eigenvalue weighted by Gasteiger charge is 2.13. The Kier molecular flexibility index (Phi) is 5.42. The molecule has 1 aliphatic rings. The minimum absolute atomic E-state index is 0.0331. The molecule has 0 bridgehead atoms. The average molecular weight is 406 g/mol. The fourth-order valence-electron chi connectivity index (χ4n) is 2.90. The largest absolute Gasteiger partial charge is 0.287 e. The van der Waals surface area contributed by atoms with Crippen LogP contribution in [0.1, 0.15) is 11.3 Å². The monoisotopic (exact) mass is 406 g/mol. The second-order valence-corrected chi connectivity index (χ2v) is 6.42. The van der Waals surface area contributed by atoms with E-state index in [-0.39, 0.29) is 17.9 Å². The lowest BCUT2D eigenvalue weighted by molar-refractivity contribution is -0.124. The van der Waals surface area contributed by atoms with Crippen molar-refractivity contribution in [2.45, 2.75) is 6.42 Å². The van der Waals surface area contributed by atoms with Crippen LogP contribution in [-0.2, 0) is 11.2 Å². The molecule has 1 amide bonds. The van der Waals surface area contributed by atoms with Gasteiger partial charge in [-0.25, -0.2) is 19.9 Å². The van der Waals surface area contributed by atoms with Gasteiger partial charge in [0.25, 0.3) is 0 Å². The van der Waals surface area contributed by atoms with Gasteiger partial charge in [0, 0.05) is 42.0 Å². The number of pyridine rings is 1. The number of rotatable bonds is 5. The van der Waals surface area contributed by atoms with E-state index in [1.54, 1.807) is 36.8 Å². The number of hydrogen-bond donors (Lipinski definition) is 2. The van der Waals surface area contributed by atoms with Crippen molar-refractivity contribution < 1.29 is 13.6 Å². The lowest BCUT2D eigenvalue weighted by atomic mass is 10.0. The molecule has 0 fully saturated rings. The van der Waals surface area contributed by atoms with Crippen LogP contribution in [0.15, 0.2) is 73.3 Å². The van der Waals surface area contributed by atoms with Crippen molar-refractivity contribution in [1.82, 2.24) is 31.2 Å². The maximum Gasteiger partial charge on any atom is 0.244 e. The van der Waals surface area contributed by atoms with Gasteiger partial charge in [0.1, 0.15) is 5.82 Å². The molecule has 0 spiro atoms. The molecule has 150 valence electrons. The van der Waals surface area contributed by atoms with E-state index in [1.165, 1.54) is 29.5 Å². The molecule has 0 aliphatic carbocycles. The molecule has 3 aromatic rings. The van der Waals surface area contributed by atoms with Crippen LogP contribution in [-0.4, -0.2) is 26.2 Å². The highest BCUT2D eigenvalue weighted by molar-refractivity contribution is 5.79. The summed E-state index contributed by atoms with van der Waals surface area (Å²) in [6, 6.07) is 10.7. The van der Waals surface area contributed by atoms with Crippen molar-refractivity contribution in [2.24, 2.45) is 0 Å². The summed E-state index contributed by atoms with van der Waals surface area (Å²) >= 11 is 0. The molecule has 2 N–H and O–H groups in total. The Balaban J connectivity index is 1.36. The number of nitrogens with one attached hydrogen (secondary N) is 2. The van der Waals surface area contributed by atoms with E-state index >= 15 is 0 Å². The first-order valence-electron chi connectivity index (χ1n) is 9.00. The van der Waals surface area contributed by atoms with Gasteiger partial charge in [-0.15, -0.1) is 0 Å². The van der Waals surface area contributed by atoms with Crippen LogP contribution in [0.4, 0.5) is 8.78 Å². The number of nitrogens with zero attached hydrogens (tertiary/aromatic N) is 4. The number of aromatic nitrogens is 3. The fourth-order valence-corrected chi connectivity index (χ4v) is 2.90. The molecular formula is C21H16F2N6O. The summed E-state index contributed by atoms with van der Waals surface area (Å²) in [5.74, 6) is -1.57. The summed E-state index contributed by atoms with van der Waals surface area (Å²) in [7, 11) is 0. The Morgan fingerprint density at radius 3 is 2.73 bits per heavy atom. The van der Waals surface area contributed by atoms with Gasteiger partial charge in [-0.2, -0.15) is 14.6 Å². The molecule has 1 aromatic carbocycles. The number of halogens is 2. The fraction of sp³-hybridized carbons (Fsp3) is 0.0476. The Labute approximate surface area is 170 Å². The summed E-state index contributed by atoms with van der Waals surface area (Å²) in [6.45, 7) is 0. The number of hydrogen-bond acceptors (Lipinski definition) is 6. The Hall–Kier alpha value is -4.14. The molecule has 30 heavy (non-hydrogen) atoms. The van der Waals surface area contributed by atoms with Gasteiger partial charge in [0.2, 0.25) is 11.9 Å². The highest BCUT2D eigenvalue weighted by Crippen LogP contribution is 2.24. The normalized spacial score (nSPS) is 12.9. The molecule has 1 aliphatic heterocycles. The van der Waals surface area contributed by atoms with Crippen molar-refractivity contribution in [3.8, 4) is 11.1 Å². The minimum atomic E-state index is -0.686. The number of benzene rings is 1. The zero-order valence-corrected chi connectivity index (χ0v) is 15.6. The standard InChI is InChI=1S/C21H16F2N6O/c22-18-10-14(3-4-17(18)15-5-8-24-20(23)12-15)11-21(30)28-29-9-6-16(13-26-29)19-2-1-7-25-27-19/h1-10,12-13,26H,11H2,(H,28,30). The summed E-state index contributed by atoms with van der Waals surface area (Å²) in [5, 5.41) is 9.22. The lowest BCUT2D eigenvalue weighted by Gasteiger charge is -2.24. The van der Waals surface area contributed by atoms with Crippen LogP contribution in [0.2, 0.25) is 0 Å². The first kappa shape index (κ1) is 19.2. The third-order valence-electron chi connectivity index (χ3n) is 4.31. The molecule has 0 saturated heterocycles. The van der Waals surface area contributed by atoms with E-state index in [2.05, 4.69) is 26.0 Å². The van der Waals surface area contributed by atoms with Crippen LogP contribution in [0.3, 0.4) is 0 Å². The van der Waals surface area contributed by atoms with Gasteiger partial charge in [-0.05, 0) is 41.5 Å². The predicted octanol–water partition coefficient (Wildman–Crippen LogP) is 2.77. The number of carbonyl (C=O) groups excluding carboxylic acids is 1. The smallest absolute Gasteiger partial charge is 0.244 e. The van der Waals surface area contributed by atoms with E-state index < -0.39 is 11.8 Å². The minimum Gasteiger partial charge on any atom is -0.287 e. The summed E-state index contributed by atoms with van der Waals surface area (Å²) in [5.41, 5.74) is 8.15. The topological polar surface area (TPSA) is 83.0 Å². The van der Waals surface area contributed by atoms with Gasteiger partial charge in [-0.3, -0.25) is 10.2 Å². The van der Waals surface area contributed by atoms with Crippen LogP contribution < -0.4 is 10.9 Å². The maximum atomic E-state index is 14.5. The highest BCUT2D eigenvalue weighted by atomic mass is 19.1. The van der Waals surface area contributed by atoms with E-state index in [0.29, 0.717) is 16.8 Å². The first-order valence-corrected chi connectivity index (χ1v) is 9.00. The second kappa shape index (κ2) is 8.48. The molecule has 0 radical (unpaired) electrons. The number of carbonyl (C=O) groups is 1. The number of hydrazine groups is 2. The zero-order chi connectivity index (χ0) is 20.9. The van der Waals surface area contributed by atoms with E-state index in [4.69, 9.17) is 0 Å². The molecule has 4 rings (SSSR count). The van der Waals surface area contributed by atoms with E-state index in [0.717, 1.165) is 11.6 Å². The summed E-state index contributed by atoms with van der Waals surface area (Å²) in [4.78, 5) is 15.8. The number of allylic oxidation sites excluding steroid dienone is 2. The molecule has 7 nitrogen and oxygen atoms in total. The second-order valence-electron chi connectivity index (χ2n) is 6.42. The van der Waals surface area contributed by atoms with Crippen LogP contribution in [0.25, 0.3) is 16.7 Å². The van der Waals surface area contributed by atoms with Crippen molar-refractivity contribution in [1.29, 1.82) is 0 Å². The van der Waals surface area contributed by atoms with E-state index in [9.17, 15) is 13.6 Å². The van der Waals surface area contributed by atoms with E-state index in [1.807, 2.05) is 6.07 Å². The molecule has 0 saturated carbocycles. The zero-order valence-electron chi connectivity index (χ0n) is 15.6. The Morgan fingerprint density at radius 2 is 2.03 bits per heavy atom. The van der Waals surface area contributed by atoms with Crippen molar-refractivity contribution >= 4 is 11.5 Å². The van der Waals surface area contributed by atoms with Gasteiger partial charge < -0.3 is 0 Å². The molecule has 0 atom stereocenters. The van der Waals surface area contributed by atoms with Crippen molar-refractivity contribution in [3.63, 3.8) is 0 Å². The lowest BCUT2D eigenvalue weighted by Crippen LogP contribution is -2.46. The third kappa shape index (κ3) is 4.46. The molecule has 9 heteroatoms. The van der Waals surface area contributed by atoms with Crippen LogP contribution in [0.5, 0.6) is 0 Å². The molecular weight excluding hydrogens is 390 g/mol.